The molecule has 0 amide bonds. The number of benzene rings is 7. The summed E-state index contributed by atoms with van der Waals surface area (Å²) >= 11 is 0. The zero-order valence-electron chi connectivity index (χ0n) is 31.3. The molecule has 7 aromatic carbocycles. The predicted octanol–water partition coefficient (Wildman–Crippen LogP) is 12.1. The highest BCUT2D eigenvalue weighted by Gasteiger charge is 2.20. The van der Waals surface area contributed by atoms with E-state index in [2.05, 4.69) is 148 Å². The van der Waals surface area contributed by atoms with Crippen molar-refractivity contribution in [1.29, 1.82) is 0 Å². The zero-order chi connectivity index (χ0) is 38.3. The maximum Gasteiger partial charge on any atom is 0.123 e. The van der Waals surface area contributed by atoms with Crippen molar-refractivity contribution < 1.29 is 0 Å². The topological polar surface area (TPSA) is 60.3 Å². The third-order valence-electron chi connectivity index (χ3n) is 10.9. The van der Waals surface area contributed by atoms with E-state index >= 15 is 0 Å². The number of fused-ring (bicyclic) bond motifs is 6. The number of nitrogens with one attached hydrogen (secondary N) is 1. The molecule has 1 atom stereocenters. The van der Waals surface area contributed by atoms with Crippen molar-refractivity contribution in [2.75, 3.05) is 0 Å². The molecule has 57 heavy (non-hydrogen) atoms. The first kappa shape index (κ1) is 33.9. The minimum atomic E-state index is -0.128. The fourth-order valence-corrected chi connectivity index (χ4v) is 8.16. The van der Waals surface area contributed by atoms with E-state index in [4.69, 9.17) is 10.7 Å². The van der Waals surface area contributed by atoms with Crippen LogP contribution in [-0.2, 0) is 0 Å². The van der Waals surface area contributed by atoms with Crippen molar-refractivity contribution in [3.05, 3.63) is 229 Å². The molecule has 0 aliphatic carbocycles. The number of nitrogens with zero attached hydrogens (tertiary/aromatic N) is 3. The van der Waals surface area contributed by atoms with Crippen LogP contribution in [0.15, 0.2) is 223 Å². The first-order chi connectivity index (χ1) is 28.1. The number of rotatable bonds is 8. The maximum absolute atomic E-state index is 6.57. The van der Waals surface area contributed by atoms with Gasteiger partial charge in [-0.3, -0.25) is 0 Å². The van der Waals surface area contributed by atoms with E-state index in [0.29, 0.717) is 11.4 Å². The van der Waals surface area contributed by atoms with E-state index in [0.717, 1.165) is 39.1 Å². The monoisotopic (exact) mass is 733 g/mol. The van der Waals surface area contributed by atoms with Gasteiger partial charge in [0.2, 0.25) is 0 Å². The van der Waals surface area contributed by atoms with Gasteiger partial charge in [-0.15, -0.1) is 0 Å². The standard InChI is InChI=1S/C52H39N5/c1-35(55-47(37-17-7-3-8-18-37)33-46(53)36-15-5-2-6-16-36)40-27-30-52(54-34-40)57-49-24-14-11-21-42(49)44-28-25-39(32-51(44)57)38-26-29-50-45(31-38)43-22-12-13-23-48(43)56(50)41-19-9-4-10-20-41/h2-34,52,54H,1,53H2/b46-33-,55-47?. The van der Waals surface area contributed by atoms with E-state index in [1.54, 1.807) is 0 Å². The second-order valence-electron chi connectivity index (χ2n) is 14.4. The summed E-state index contributed by atoms with van der Waals surface area (Å²) in [5, 5.41) is 8.59. The number of aliphatic imine (C=N–C) groups is 1. The van der Waals surface area contributed by atoms with Gasteiger partial charge >= 0.3 is 0 Å². The minimum Gasteiger partial charge on any atom is -0.398 e. The SMILES string of the molecule is C=C(N=C(/C=C(\N)c1ccccc1)c1ccccc1)C1=CNC(n2c3ccccc3c3ccc(-c4ccc5c(c4)c4ccccc4n5-c4ccccc4)cc32)C=C1. The van der Waals surface area contributed by atoms with Crippen LogP contribution in [0.5, 0.6) is 0 Å². The van der Waals surface area contributed by atoms with Gasteiger partial charge in [0, 0.05) is 50.3 Å². The minimum absolute atomic E-state index is 0.128. The molecular formula is C52H39N5. The maximum atomic E-state index is 6.57. The van der Waals surface area contributed by atoms with E-state index in [-0.39, 0.29) is 6.17 Å². The molecular weight excluding hydrogens is 695 g/mol. The van der Waals surface area contributed by atoms with Crippen LogP contribution in [0, 0.1) is 0 Å². The Kier molecular flexibility index (Phi) is 8.46. The van der Waals surface area contributed by atoms with E-state index < -0.39 is 0 Å². The Labute approximate surface area is 331 Å². The molecule has 0 radical (unpaired) electrons. The molecule has 0 bridgehead atoms. The molecule has 10 rings (SSSR count). The van der Waals surface area contributed by atoms with Crippen molar-refractivity contribution in [2.45, 2.75) is 6.17 Å². The summed E-state index contributed by atoms with van der Waals surface area (Å²) in [7, 11) is 0. The number of hydrogen-bond acceptors (Lipinski definition) is 3. The molecule has 3 N–H and O–H groups in total. The van der Waals surface area contributed by atoms with Gasteiger partial charge in [-0.1, -0.05) is 146 Å². The molecule has 0 saturated carbocycles. The van der Waals surface area contributed by atoms with Crippen LogP contribution in [0.3, 0.4) is 0 Å². The Morgan fingerprint density at radius 3 is 1.88 bits per heavy atom. The molecule has 0 fully saturated rings. The van der Waals surface area contributed by atoms with E-state index in [1.165, 1.54) is 43.7 Å². The lowest BCUT2D eigenvalue weighted by atomic mass is 10.0. The van der Waals surface area contributed by atoms with E-state index in [1.807, 2.05) is 72.9 Å². The largest absolute Gasteiger partial charge is 0.398 e. The predicted molar refractivity (Wildman–Crippen MR) is 239 cm³/mol. The molecule has 9 aromatic rings. The van der Waals surface area contributed by atoms with Crippen LogP contribution in [-0.4, -0.2) is 14.8 Å². The summed E-state index contributed by atoms with van der Waals surface area (Å²) in [5.74, 6) is 0. The van der Waals surface area contributed by atoms with E-state index in [9.17, 15) is 0 Å². The lowest BCUT2D eigenvalue weighted by molar-refractivity contribution is 0.575. The number of aromatic nitrogens is 2. The van der Waals surface area contributed by atoms with Crippen molar-refractivity contribution in [3.8, 4) is 16.8 Å². The Bertz CT molecular complexity index is 3110. The van der Waals surface area contributed by atoms with Gasteiger partial charge in [0.15, 0.2) is 0 Å². The number of dihydropyridines is 1. The molecule has 1 aliphatic rings. The first-order valence-electron chi connectivity index (χ1n) is 19.2. The van der Waals surface area contributed by atoms with Gasteiger partial charge in [0.05, 0.1) is 33.5 Å². The van der Waals surface area contributed by atoms with Crippen LogP contribution in [0.2, 0.25) is 0 Å². The second-order valence-corrected chi connectivity index (χ2v) is 14.4. The van der Waals surface area contributed by atoms with Crippen LogP contribution in [0.4, 0.5) is 0 Å². The molecule has 272 valence electrons. The molecule has 5 heteroatoms. The summed E-state index contributed by atoms with van der Waals surface area (Å²) in [6, 6.07) is 61.7. The van der Waals surface area contributed by atoms with Crippen LogP contribution >= 0.6 is 0 Å². The van der Waals surface area contributed by atoms with Crippen LogP contribution in [0.25, 0.3) is 66.1 Å². The Morgan fingerprint density at radius 2 is 1.16 bits per heavy atom. The summed E-state index contributed by atoms with van der Waals surface area (Å²) in [6.07, 6.45) is 8.12. The average molecular weight is 734 g/mol. The molecule has 1 unspecified atom stereocenters. The first-order valence-corrected chi connectivity index (χ1v) is 19.2. The highest BCUT2D eigenvalue weighted by atomic mass is 15.2. The fourth-order valence-electron chi connectivity index (χ4n) is 8.16. The van der Waals surface area contributed by atoms with Gasteiger partial charge in [0.25, 0.3) is 0 Å². The van der Waals surface area contributed by atoms with Crippen molar-refractivity contribution in [1.82, 2.24) is 14.5 Å². The molecule has 3 heterocycles. The zero-order valence-corrected chi connectivity index (χ0v) is 31.3. The Balaban J connectivity index is 1.01. The normalized spacial score (nSPS) is 14.7. The van der Waals surface area contributed by atoms with Gasteiger partial charge in [0.1, 0.15) is 6.17 Å². The van der Waals surface area contributed by atoms with Gasteiger partial charge in [-0.2, -0.15) is 0 Å². The quantitative estimate of drug-likeness (QED) is 0.153. The second kappa shape index (κ2) is 14.2. The lowest BCUT2D eigenvalue weighted by Gasteiger charge is -2.23. The van der Waals surface area contributed by atoms with Crippen molar-refractivity contribution in [2.24, 2.45) is 10.7 Å². The summed E-state index contributed by atoms with van der Waals surface area (Å²) in [5.41, 5.74) is 19.6. The van der Waals surface area contributed by atoms with Gasteiger partial charge in [-0.25, -0.2) is 4.99 Å². The summed E-state index contributed by atoms with van der Waals surface area (Å²) in [6.45, 7) is 4.39. The summed E-state index contributed by atoms with van der Waals surface area (Å²) < 4.78 is 4.75. The molecule has 2 aromatic heterocycles. The molecule has 5 nitrogen and oxygen atoms in total. The lowest BCUT2D eigenvalue weighted by Crippen LogP contribution is -2.23. The third-order valence-corrected chi connectivity index (χ3v) is 10.9. The molecule has 0 saturated heterocycles. The fraction of sp³-hybridized carbons (Fsp3) is 0.0192. The highest BCUT2D eigenvalue weighted by Crippen LogP contribution is 2.38. The van der Waals surface area contributed by atoms with Gasteiger partial charge in [-0.05, 0) is 71.3 Å². The van der Waals surface area contributed by atoms with Gasteiger partial charge < -0.3 is 20.2 Å². The highest BCUT2D eigenvalue weighted by molar-refractivity contribution is 6.13. The van der Waals surface area contributed by atoms with Crippen LogP contribution in [0.1, 0.15) is 17.3 Å². The smallest absolute Gasteiger partial charge is 0.123 e. The number of para-hydroxylation sites is 3. The van der Waals surface area contributed by atoms with Crippen molar-refractivity contribution >= 4 is 55.0 Å². The number of hydrogen-bond donors (Lipinski definition) is 2. The Hall–Kier alpha value is -7.63. The molecule has 0 spiro atoms. The van der Waals surface area contributed by atoms with Crippen LogP contribution < -0.4 is 11.1 Å². The Morgan fingerprint density at radius 1 is 0.579 bits per heavy atom. The molecule has 1 aliphatic heterocycles. The summed E-state index contributed by atoms with van der Waals surface area (Å²) in [4.78, 5) is 5.03. The number of nitrogens with two attached hydrogens (primary N) is 1. The third kappa shape index (κ3) is 6.12. The number of allylic oxidation sites excluding steroid dienone is 2. The van der Waals surface area contributed by atoms with Crippen molar-refractivity contribution in [3.63, 3.8) is 0 Å². The average Bonchev–Trinajstić information content (AvgIpc) is 3.79.